The van der Waals surface area contributed by atoms with Gasteiger partial charge in [-0.05, 0) is 68.3 Å². The normalized spacial score (nSPS) is 14.4. The summed E-state index contributed by atoms with van der Waals surface area (Å²) in [5.41, 5.74) is 1.37. The molecule has 1 unspecified atom stereocenters. The Hall–Kier alpha value is -2.18. The number of hydrogen-bond donors (Lipinski definition) is 3. The van der Waals surface area contributed by atoms with Crippen molar-refractivity contribution in [3.63, 3.8) is 0 Å². The molecule has 0 aromatic heterocycles. The van der Waals surface area contributed by atoms with Gasteiger partial charge >= 0.3 is 6.03 Å². The van der Waals surface area contributed by atoms with Crippen LogP contribution in [0.3, 0.4) is 0 Å². The highest BCUT2D eigenvalue weighted by Crippen LogP contribution is 2.26. The first kappa shape index (κ1) is 18.6. The Labute approximate surface area is 161 Å². The maximum atomic E-state index is 12.3. The number of amides is 3. The Morgan fingerprint density at radius 2 is 1.58 bits per heavy atom. The van der Waals surface area contributed by atoms with Gasteiger partial charge in [0.25, 0.3) is 0 Å². The molecular weight excluding hydrogens is 370 g/mol. The molecule has 0 bridgehead atoms. The Kier molecular flexibility index (Phi) is 6.06. The fraction of sp³-hybridized carbons (Fsp3) is 0.263. The van der Waals surface area contributed by atoms with Gasteiger partial charge < -0.3 is 16.0 Å². The van der Waals surface area contributed by atoms with Gasteiger partial charge in [-0.15, -0.1) is 11.8 Å². The van der Waals surface area contributed by atoms with Gasteiger partial charge in [-0.2, -0.15) is 0 Å². The van der Waals surface area contributed by atoms with Crippen LogP contribution in [0.25, 0.3) is 0 Å². The SMILES string of the molecule is CC(Sc1ccc(Cl)cc1)C(=O)Nc1ccc(NC(=O)NC2CC2)cc1. The first-order valence-electron chi connectivity index (χ1n) is 8.40. The highest BCUT2D eigenvalue weighted by atomic mass is 35.5. The third-order valence-corrected chi connectivity index (χ3v) is 5.18. The van der Waals surface area contributed by atoms with Crippen molar-refractivity contribution in [2.24, 2.45) is 0 Å². The van der Waals surface area contributed by atoms with Crippen molar-refractivity contribution in [3.8, 4) is 0 Å². The van der Waals surface area contributed by atoms with Gasteiger partial charge in [0.2, 0.25) is 5.91 Å². The molecule has 0 aliphatic heterocycles. The van der Waals surface area contributed by atoms with Crippen molar-refractivity contribution in [1.29, 1.82) is 0 Å². The number of carbonyl (C=O) groups is 2. The van der Waals surface area contributed by atoms with Crippen LogP contribution >= 0.6 is 23.4 Å². The molecule has 2 aromatic carbocycles. The van der Waals surface area contributed by atoms with Gasteiger partial charge in [0, 0.05) is 27.3 Å². The smallest absolute Gasteiger partial charge is 0.319 e. The number of urea groups is 1. The van der Waals surface area contributed by atoms with E-state index >= 15 is 0 Å². The predicted molar refractivity (Wildman–Crippen MR) is 107 cm³/mol. The van der Waals surface area contributed by atoms with Crippen molar-refractivity contribution in [2.75, 3.05) is 10.6 Å². The quantitative estimate of drug-likeness (QED) is 0.625. The van der Waals surface area contributed by atoms with E-state index in [2.05, 4.69) is 16.0 Å². The standard InChI is InChI=1S/C19H20ClN3O2S/c1-12(26-17-10-2-13(20)3-11-17)18(24)21-14-4-6-15(7-5-14)22-19(25)23-16-8-9-16/h2-7,10-12,16H,8-9H2,1H3,(H,21,24)(H2,22,23,25). The Balaban J connectivity index is 1.49. The molecule has 3 rings (SSSR count). The lowest BCUT2D eigenvalue weighted by Crippen LogP contribution is -2.30. The zero-order valence-electron chi connectivity index (χ0n) is 14.3. The molecule has 0 spiro atoms. The van der Waals surface area contributed by atoms with E-state index in [4.69, 9.17) is 11.6 Å². The van der Waals surface area contributed by atoms with Crippen LogP contribution in [-0.4, -0.2) is 23.2 Å². The van der Waals surface area contributed by atoms with Crippen molar-refractivity contribution in [1.82, 2.24) is 5.32 Å². The van der Waals surface area contributed by atoms with Crippen LogP contribution in [-0.2, 0) is 4.79 Å². The first-order valence-corrected chi connectivity index (χ1v) is 9.66. The molecule has 3 amide bonds. The summed E-state index contributed by atoms with van der Waals surface area (Å²) in [5.74, 6) is -0.0860. The number of anilines is 2. The van der Waals surface area contributed by atoms with Crippen molar-refractivity contribution >= 4 is 46.7 Å². The lowest BCUT2D eigenvalue weighted by molar-refractivity contribution is -0.115. The Morgan fingerprint density at radius 3 is 2.15 bits per heavy atom. The molecule has 7 heteroatoms. The first-order chi connectivity index (χ1) is 12.5. The summed E-state index contributed by atoms with van der Waals surface area (Å²) < 4.78 is 0. The van der Waals surface area contributed by atoms with Crippen LogP contribution in [0.4, 0.5) is 16.2 Å². The summed E-state index contributed by atoms with van der Waals surface area (Å²) in [6.07, 6.45) is 2.09. The van der Waals surface area contributed by atoms with E-state index in [1.165, 1.54) is 11.8 Å². The van der Waals surface area contributed by atoms with Gasteiger partial charge in [0.1, 0.15) is 0 Å². The largest absolute Gasteiger partial charge is 0.335 e. The zero-order chi connectivity index (χ0) is 18.5. The van der Waals surface area contributed by atoms with Gasteiger partial charge in [-0.1, -0.05) is 11.6 Å². The second-order valence-electron chi connectivity index (χ2n) is 6.15. The van der Waals surface area contributed by atoms with Crippen LogP contribution < -0.4 is 16.0 Å². The number of thioether (sulfide) groups is 1. The minimum Gasteiger partial charge on any atom is -0.335 e. The number of benzene rings is 2. The van der Waals surface area contributed by atoms with E-state index in [1.54, 1.807) is 36.4 Å². The molecule has 1 fully saturated rings. The molecule has 5 nitrogen and oxygen atoms in total. The average molecular weight is 390 g/mol. The Bertz CT molecular complexity index is 776. The molecule has 1 saturated carbocycles. The van der Waals surface area contributed by atoms with E-state index < -0.39 is 0 Å². The molecule has 2 aromatic rings. The lowest BCUT2D eigenvalue weighted by atomic mass is 10.2. The van der Waals surface area contributed by atoms with Gasteiger partial charge in [-0.3, -0.25) is 4.79 Å². The molecule has 1 aliphatic rings. The highest BCUT2D eigenvalue weighted by molar-refractivity contribution is 8.00. The summed E-state index contributed by atoms with van der Waals surface area (Å²) in [4.78, 5) is 25.0. The third-order valence-electron chi connectivity index (χ3n) is 3.82. The summed E-state index contributed by atoms with van der Waals surface area (Å²) in [6.45, 7) is 1.85. The molecule has 0 heterocycles. The van der Waals surface area contributed by atoms with Crippen LogP contribution in [0.5, 0.6) is 0 Å². The summed E-state index contributed by atoms with van der Waals surface area (Å²) in [6, 6.07) is 14.6. The second-order valence-corrected chi connectivity index (χ2v) is 8.00. The molecule has 1 atom stereocenters. The number of hydrogen-bond acceptors (Lipinski definition) is 3. The van der Waals surface area contributed by atoms with Crippen molar-refractivity contribution < 1.29 is 9.59 Å². The summed E-state index contributed by atoms with van der Waals surface area (Å²) in [7, 11) is 0. The predicted octanol–water partition coefficient (Wildman–Crippen LogP) is 4.74. The minimum absolute atomic E-state index is 0.0860. The average Bonchev–Trinajstić information content (AvgIpc) is 3.42. The Morgan fingerprint density at radius 1 is 1.00 bits per heavy atom. The molecular formula is C19H20ClN3O2S. The second kappa shape index (κ2) is 8.47. The molecule has 0 radical (unpaired) electrons. The van der Waals surface area contributed by atoms with Crippen molar-refractivity contribution in [2.45, 2.75) is 36.0 Å². The van der Waals surface area contributed by atoms with Crippen LogP contribution in [0.2, 0.25) is 5.02 Å². The van der Waals surface area contributed by atoms with E-state index in [9.17, 15) is 9.59 Å². The molecule has 26 heavy (non-hydrogen) atoms. The van der Waals surface area contributed by atoms with Crippen LogP contribution in [0.15, 0.2) is 53.4 Å². The summed E-state index contributed by atoms with van der Waals surface area (Å²) in [5, 5.41) is 8.94. The van der Waals surface area contributed by atoms with E-state index in [1.807, 2.05) is 19.1 Å². The fourth-order valence-electron chi connectivity index (χ4n) is 2.23. The summed E-state index contributed by atoms with van der Waals surface area (Å²) >= 11 is 7.34. The fourth-order valence-corrected chi connectivity index (χ4v) is 3.23. The maximum Gasteiger partial charge on any atom is 0.319 e. The highest BCUT2D eigenvalue weighted by Gasteiger charge is 2.23. The monoisotopic (exact) mass is 389 g/mol. The van der Waals surface area contributed by atoms with Gasteiger partial charge in [0.15, 0.2) is 0 Å². The molecule has 136 valence electrons. The van der Waals surface area contributed by atoms with E-state index in [-0.39, 0.29) is 17.2 Å². The minimum atomic E-state index is -0.252. The molecule has 0 saturated heterocycles. The van der Waals surface area contributed by atoms with Crippen LogP contribution in [0, 0.1) is 0 Å². The van der Waals surface area contributed by atoms with Gasteiger partial charge in [-0.25, -0.2) is 4.79 Å². The lowest BCUT2D eigenvalue weighted by Gasteiger charge is -2.13. The number of nitrogens with one attached hydrogen (secondary N) is 3. The topological polar surface area (TPSA) is 70.2 Å². The maximum absolute atomic E-state index is 12.3. The number of rotatable bonds is 6. The van der Waals surface area contributed by atoms with Crippen molar-refractivity contribution in [3.05, 3.63) is 53.6 Å². The number of carbonyl (C=O) groups excluding carboxylic acids is 2. The zero-order valence-corrected chi connectivity index (χ0v) is 15.9. The van der Waals surface area contributed by atoms with Gasteiger partial charge in [0.05, 0.1) is 5.25 Å². The number of halogens is 1. The molecule has 1 aliphatic carbocycles. The van der Waals surface area contributed by atoms with Crippen LogP contribution in [0.1, 0.15) is 19.8 Å². The molecule has 3 N–H and O–H groups in total. The third kappa shape index (κ3) is 5.68. The van der Waals surface area contributed by atoms with E-state index in [0.29, 0.717) is 22.4 Å². The van der Waals surface area contributed by atoms with E-state index in [0.717, 1.165) is 17.7 Å².